The van der Waals surface area contributed by atoms with Gasteiger partial charge in [-0.2, -0.15) is 0 Å². The van der Waals surface area contributed by atoms with Crippen LogP contribution in [-0.4, -0.2) is 170 Å². The molecule has 0 amide bonds. The lowest BCUT2D eigenvalue weighted by molar-refractivity contribution is -0.164. The van der Waals surface area contributed by atoms with Gasteiger partial charge in [0.1, 0.15) is 19.3 Å². The molecule has 9 aliphatic rings. The van der Waals surface area contributed by atoms with Gasteiger partial charge in [0.2, 0.25) is 0 Å². The molecule has 1 aromatic carbocycles. The number of unbranched alkanes of at least 4 members (excludes halogenated alkanes) is 1. The molecule has 15 unspecified atom stereocenters. The summed E-state index contributed by atoms with van der Waals surface area (Å²) in [5.74, 6) is -0.384. The molecule has 111 heavy (non-hydrogen) atoms. The number of aliphatic hydroxyl groups excluding tert-OH is 8. The molecule has 0 bridgehead atoms. The van der Waals surface area contributed by atoms with Crippen LogP contribution in [0.2, 0.25) is 0 Å². The lowest BCUT2D eigenvalue weighted by Crippen LogP contribution is -2.38. The topological polar surface area (TPSA) is 357 Å². The van der Waals surface area contributed by atoms with Crippen LogP contribution in [0, 0.1) is 76.4 Å². The van der Waals surface area contributed by atoms with Crippen molar-refractivity contribution >= 4 is 41.8 Å². The summed E-state index contributed by atoms with van der Waals surface area (Å²) in [6.45, 7) is 21.2. The van der Waals surface area contributed by atoms with Crippen molar-refractivity contribution < 1.29 is 108 Å². The molecule has 10 rings (SSSR count). The van der Waals surface area contributed by atoms with E-state index in [0.29, 0.717) is 75.6 Å². The average molecular weight is 1570 g/mol. The quantitative estimate of drug-likeness (QED) is 0.0384. The van der Waals surface area contributed by atoms with Gasteiger partial charge in [-0.1, -0.05) is 183 Å². The molecule has 0 aliphatic heterocycles. The SMILES string of the molecule is CC(C)C1CCC(COC(=O)C2CCCCC2O)CC1.CC(C)c1ccc(COC(=O)C2CCCCC2O)cc1.CC1CC(OC(=O)C2CCCCC2O)CC(C)(C)C1.CCCCC(CC)COC(=O)C1CCCCC1O.COC(=O)C1CCC(O)CC1.O=C(O)C1CCCCC1O.O=C(OCCO)C1CCCCC1O. The third-order valence-electron chi connectivity index (χ3n) is 24.7. The number of aliphatic hydroxyl groups is 8. The standard InChI is InChI=1S/C17H30O3.C17H24O3.C16H28O3.C15H28O3.C9H16O4.C8H14O3.C7H12O3/c2*1-12(2)14-9-7-13(8-10-14)11-20-17(19)15-5-3-4-6-16(15)18;1-11-8-12(10-16(2,3)9-11)19-15(18)13-6-4-5-7-14(13)17;1-3-5-8-12(4-2)11-18-15(17)13-9-6-7-10-14(13)16;10-5-6-13-9(12)7-3-1-2-4-8(7)11;1-11-8(10)6-2-4-7(9)5-3-6;8-6-4-2-1-3-5(6)7(9)10/h12-16,18H,3-11H2,1-2H3;7-10,12,15-16,18H,3-6,11H2,1-2H3;11-14,17H,4-10H2,1-3H3;12-14,16H,3-11H2,1-2H3;7-8,10-11H,1-6H2;6-7,9H,2-5H2,1H3;5-6,8H,1-4H2,(H,9,10). The third-order valence-corrected chi connectivity index (χ3v) is 24.7. The Hall–Kier alpha value is -4.81. The predicted molar refractivity (Wildman–Crippen MR) is 426 cm³/mol. The first-order chi connectivity index (χ1) is 52.9. The fraction of sp³-hybridized carbons (Fsp3) is 0.854. The molecule has 9 N–H and O–H groups in total. The third kappa shape index (κ3) is 37.8. The van der Waals surface area contributed by atoms with Crippen molar-refractivity contribution in [3.8, 4) is 0 Å². The van der Waals surface area contributed by atoms with E-state index in [1.165, 1.54) is 57.6 Å². The first-order valence-corrected chi connectivity index (χ1v) is 43.6. The van der Waals surface area contributed by atoms with Crippen LogP contribution < -0.4 is 0 Å². The zero-order valence-corrected chi connectivity index (χ0v) is 69.9. The van der Waals surface area contributed by atoms with E-state index in [4.69, 9.17) is 44.1 Å². The number of aliphatic carboxylic acids is 1. The molecule has 22 nitrogen and oxygen atoms in total. The minimum absolute atomic E-state index is 0.0298. The molecule has 0 aromatic heterocycles. The van der Waals surface area contributed by atoms with E-state index < -0.39 is 48.5 Å². The minimum Gasteiger partial charge on any atom is -0.481 e. The molecule has 0 spiro atoms. The lowest BCUT2D eigenvalue weighted by Gasteiger charge is -2.39. The maximum absolute atomic E-state index is 12.2. The van der Waals surface area contributed by atoms with Crippen molar-refractivity contribution in [1.82, 2.24) is 0 Å². The summed E-state index contributed by atoms with van der Waals surface area (Å²) in [5, 5.41) is 84.2. The van der Waals surface area contributed by atoms with Gasteiger partial charge in [-0.3, -0.25) is 33.6 Å². The van der Waals surface area contributed by atoms with E-state index >= 15 is 0 Å². The zero-order valence-electron chi connectivity index (χ0n) is 69.9. The Morgan fingerprint density at radius 1 is 0.486 bits per heavy atom. The van der Waals surface area contributed by atoms with Crippen molar-refractivity contribution in [3.05, 3.63) is 35.4 Å². The number of ether oxygens (including phenoxy) is 6. The number of rotatable bonds is 22. The summed E-state index contributed by atoms with van der Waals surface area (Å²) in [4.78, 5) is 80.8. The highest BCUT2D eigenvalue weighted by atomic mass is 16.6. The number of methoxy groups -OCH3 is 1. The predicted octanol–water partition coefficient (Wildman–Crippen LogP) is 14.9. The fourth-order valence-electron chi connectivity index (χ4n) is 17.5. The smallest absolute Gasteiger partial charge is 0.311 e. The molecule has 0 heterocycles. The molecule has 0 saturated heterocycles. The summed E-state index contributed by atoms with van der Waals surface area (Å²) in [7, 11) is 1.41. The Balaban J connectivity index is 0.000000277. The lowest BCUT2D eigenvalue weighted by atomic mass is 9.71. The van der Waals surface area contributed by atoms with Crippen molar-refractivity contribution in [1.29, 1.82) is 0 Å². The van der Waals surface area contributed by atoms with Crippen LogP contribution in [0.1, 0.15) is 330 Å². The van der Waals surface area contributed by atoms with Crippen molar-refractivity contribution in [2.75, 3.05) is 33.5 Å². The molecule has 9 fully saturated rings. The Morgan fingerprint density at radius 2 is 0.901 bits per heavy atom. The number of carbonyl (C=O) groups excluding carboxylic acids is 6. The largest absolute Gasteiger partial charge is 0.481 e. The number of hydrogen-bond acceptors (Lipinski definition) is 21. The van der Waals surface area contributed by atoms with Crippen molar-refractivity contribution in [2.45, 2.75) is 374 Å². The van der Waals surface area contributed by atoms with E-state index in [1.807, 2.05) is 12.1 Å². The first-order valence-electron chi connectivity index (χ1n) is 43.6. The summed E-state index contributed by atoms with van der Waals surface area (Å²) in [5.41, 5.74) is 2.53. The van der Waals surface area contributed by atoms with Gasteiger partial charge in [0.15, 0.2) is 0 Å². The second-order valence-electron chi connectivity index (χ2n) is 35.2. The maximum atomic E-state index is 12.2. The molecule has 0 radical (unpaired) electrons. The summed E-state index contributed by atoms with van der Waals surface area (Å²) in [6, 6.07) is 8.15. The Kier molecular flexibility index (Phi) is 48.1. The molecule has 9 saturated carbocycles. The maximum Gasteiger partial charge on any atom is 0.311 e. The number of carboxylic acid groups (broad SMARTS) is 1. The van der Waals surface area contributed by atoms with Crippen LogP contribution in [-0.2, 0) is 68.6 Å². The Labute approximate surface area is 666 Å². The van der Waals surface area contributed by atoms with Gasteiger partial charge in [-0.15, -0.1) is 0 Å². The highest BCUT2D eigenvalue weighted by Gasteiger charge is 2.39. The molecular weight excluding hydrogens is 1420 g/mol. The number of hydrogen-bond donors (Lipinski definition) is 9. The summed E-state index contributed by atoms with van der Waals surface area (Å²) < 4.78 is 31.3. The Bertz CT molecular complexity index is 2740. The molecule has 22 heteroatoms. The van der Waals surface area contributed by atoms with Crippen LogP contribution in [0.4, 0.5) is 0 Å². The van der Waals surface area contributed by atoms with Gasteiger partial charge < -0.3 is 74.4 Å². The van der Waals surface area contributed by atoms with Gasteiger partial charge in [-0.05, 0) is 206 Å². The van der Waals surface area contributed by atoms with Gasteiger partial charge in [0.25, 0.3) is 0 Å². The van der Waals surface area contributed by atoms with Crippen LogP contribution in [0.3, 0.4) is 0 Å². The van der Waals surface area contributed by atoms with Crippen molar-refractivity contribution in [3.63, 3.8) is 0 Å². The normalized spacial score (nSPS) is 30.7. The number of esters is 6. The summed E-state index contributed by atoms with van der Waals surface area (Å²) in [6.07, 6.45) is 33.1. The monoisotopic (exact) mass is 1570 g/mol. The highest BCUT2D eigenvalue weighted by Crippen LogP contribution is 2.41. The van der Waals surface area contributed by atoms with E-state index in [9.17, 15) is 59.1 Å². The summed E-state index contributed by atoms with van der Waals surface area (Å²) >= 11 is 0. The van der Waals surface area contributed by atoms with Gasteiger partial charge in [-0.25, -0.2) is 0 Å². The molecule has 1 aromatic rings. The first kappa shape index (κ1) is 98.6. The van der Waals surface area contributed by atoms with Gasteiger partial charge >= 0.3 is 41.8 Å². The number of carbonyl (C=O) groups is 7. The zero-order chi connectivity index (χ0) is 82.0. The van der Waals surface area contributed by atoms with Crippen LogP contribution in [0.25, 0.3) is 0 Å². The van der Waals surface area contributed by atoms with Crippen molar-refractivity contribution in [2.24, 2.45) is 76.4 Å². The minimum atomic E-state index is -0.854. The van der Waals surface area contributed by atoms with E-state index in [0.717, 1.165) is 191 Å². The Morgan fingerprint density at radius 3 is 1.28 bits per heavy atom. The molecule has 9 aliphatic carbocycles. The van der Waals surface area contributed by atoms with E-state index in [2.05, 4.69) is 79.2 Å². The average Bonchev–Trinajstić information content (AvgIpc) is 0.828. The van der Waals surface area contributed by atoms with E-state index in [-0.39, 0.29) is 102 Å². The highest BCUT2D eigenvalue weighted by molar-refractivity contribution is 5.75. The molecular formula is C89H152O22. The molecule has 15 atom stereocenters. The van der Waals surface area contributed by atoms with Crippen LogP contribution in [0.15, 0.2) is 24.3 Å². The van der Waals surface area contributed by atoms with Gasteiger partial charge in [0, 0.05) is 0 Å². The second-order valence-corrected chi connectivity index (χ2v) is 35.2. The van der Waals surface area contributed by atoms with Crippen LogP contribution >= 0.6 is 0 Å². The molecule has 640 valence electrons. The fourth-order valence-corrected chi connectivity index (χ4v) is 17.5. The van der Waals surface area contributed by atoms with E-state index in [1.54, 1.807) is 0 Å². The van der Waals surface area contributed by atoms with Crippen LogP contribution in [0.5, 0.6) is 0 Å². The second kappa shape index (κ2) is 54.2. The number of benzene rings is 1. The number of carboxylic acids is 1. The van der Waals surface area contributed by atoms with Gasteiger partial charge in [0.05, 0.1) is 111 Å².